The highest BCUT2D eigenvalue weighted by Gasteiger charge is 2.44. The Morgan fingerprint density at radius 1 is 1.08 bits per heavy atom. The Morgan fingerprint density at radius 2 is 1.83 bits per heavy atom. The third-order valence-corrected chi connectivity index (χ3v) is 4.91. The predicted octanol–water partition coefficient (Wildman–Crippen LogP) is 3.18. The Hall–Kier alpha value is -2.62. The Labute approximate surface area is 141 Å². The van der Waals surface area contributed by atoms with Crippen molar-refractivity contribution in [2.24, 2.45) is 11.1 Å². The summed E-state index contributed by atoms with van der Waals surface area (Å²) in [6, 6.07) is 15.9. The number of carbonyl (C=O) groups is 1. The van der Waals surface area contributed by atoms with Gasteiger partial charge in [0.2, 0.25) is 0 Å². The number of likely N-dealkylation sites (tertiary alicyclic amines) is 1. The molecule has 2 aromatic rings. The van der Waals surface area contributed by atoms with Crippen LogP contribution in [0.5, 0.6) is 0 Å². The van der Waals surface area contributed by atoms with Gasteiger partial charge in [0.05, 0.1) is 18.2 Å². The number of benzene rings is 2. The van der Waals surface area contributed by atoms with Gasteiger partial charge < -0.3 is 9.74 Å². The lowest BCUT2D eigenvalue weighted by Crippen LogP contribution is -2.30. The van der Waals surface area contributed by atoms with Crippen LogP contribution in [-0.2, 0) is 4.84 Å². The fourth-order valence-electron chi connectivity index (χ4n) is 3.49. The van der Waals surface area contributed by atoms with E-state index in [9.17, 15) is 4.79 Å². The first-order valence-corrected chi connectivity index (χ1v) is 8.29. The highest BCUT2D eigenvalue weighted by Crippen LogP contribution is 2.31. The first-order chi connectivity index (χ1) is 11.6. The summed E-state index contributed by atoms with van der Waals surface area (Å²) in [6.07, 6.45) is -0.0333. The minimum Gasteiger partial charge on any atom is -0.390 e. The van der Waals surface area contributed by atoms with E-state index in [0.717, 1.165) is 22.4 Å². The van der Waals surface area contributed by atoms with Gasteiger partial charge in [-0.2, -0.15) is 0 Å². The van der Waals surface area contributed by atoms with Crippen LogP contribution in [0.3, 0.4) is 0 Å². The molecular formula is C20H20N2O2. The maximum atomic E-state index is 12.7. The molecule has 1 fully saturated rings. The highest BCUT2D eigenvalue weighted by molar-refractivity contribution is 6.05. The minimum atomic E-state index is -0.0333. The van der Waals surface area contributed by atoms with E-state index >= 15 is 0 Å². The third kappa shape index (κ3) is 2.48. The van der Waals surface area contributed by atoms with Crippen molar-refractivity contribution >= 4 is 11.6 Å². The number of carbonyl (C=O) groups excluding carboxylic acids is 1. The van der Waals surface area contributed by atoms with Gasteiger partial charge >= 0.3 is 0 Å². The van der Waals surface area contributed by atoms with Crippen molar-refractivity contribution in [1.82, 2.24) is 4.90 Å². The molecule has 1 saturated heterocycles. The third-order valence-electron chi connectivity index (χ3n) is 4.91. The number of fused-ring (bicyclic) bond motifs is 1. The zero-order chi connectivity index (χ0) is 16.7. The molecule has 24 heavy (non-hydrogen) atoms. The molecule has 2 atom stereocenters. The summed E-state index contributed by atoms with van der Waals surface area (Å²) in [6.45, 7) is 5.35. The fraction of sp³-hybridized carbons (Fsp3) is 0.300. The molecule has 0 radical (unpaired) electrons. The van der Waals surface area contributed by atoms with Crippen LogP contribution in [0, 0.1) is 19.8 Å². The molecule has 0 N–H and O–H groups in total. The molecule has 0 saturated carbocycles. The zero-order valence-electron chi connectivity index (χ0n) is 13.9. The summed E-state index contributed by atoms with van der Waals surface area (Å²) in [5.41, 5.74) is 5.16. The van der Waals surface area contributed by atoms with Gasteiger partial charge in [-0.1, -0.05) is 47.1 Å². The van der Waals surface area contributed by atoms with Crippen LogP contribution >= 0.6 is 0 Å². The van der Waals surface area contributed by atoms with Crippen LogP contribution in [0.25, 0.3) is 0 Å². The first kappa shape index (κ1) is 14.9. The molecule has 0 aliphatic carbocycles. The van der Waals surface area contributed by atoms with Crippen LogP contribution in [0.15, 0.2) is 53.7 Å². The average molecular weight is 320 g/mol. The lowest BCUT2D eigenvalue weighted by Gasteiger charge is -2.17. The number of hydrogen-bond donors (Lipinski definition) is 0. The molecule has 2 aliphatic rings. The Morgan fingerprint density at radius 3 is 2.58 bits per heavy atom. The van der Waals surface area contributed by atoms with Crippen LogP contribution in [0.2, 0.25) is 0 Å². The molecule has 2 unspecified atom stereocenters. The van der Waals surface area contributed by atoms with Crippen molar-refractivity contribution in [2.45, 2.75) is 20.0 Å². The molecule has 4 rings (SSSR count). The van der Waals surface area contributed by atoms with E-state index < -0.39 is 0 Å². The maximum absolute atomic E-state index is 12.7. The van der Waals surface area contributed by atoms with Gasteiger partial charge in [0, 0.05) is 17.7 Å². The summed E-state index contributed by atoms with van der Waals surface area (Å²) in [7, 11) is 0. The van der Waals surface area contributed by atoms with Crippen LogP contribution in [0.1, 0.15) is 27.0 Å². The number of aryl methyl sites for hydroxylation is 2. The zero-order valence-corrected chi connectivity index (χ0v) is 13.9. The Bertz CT molecular complexity index is 811. The number of rotatable bonds is 2. The van der Waals surface area contributed by atoms with E-state index in [2.05, 4.69) is 24.2 Å². The van der Waals surface area contributed by atoms with Crippen molar-refractivity contribution in [2.75, 3.05) is 13.1 Å². The number of nitrogens with zero attached hydrogens (tertiary/aromatic N) is 2. The topological polar surface area (TPSA) is 41.9 Å². The van der Waals surface area contributed by atoms with E-state index in [0.29, 0.717) is 13.1 Å². The normalized spacial score (nSPS) is 22.1. The van der Waals surface area contributed by atoms with E-state index in [1.54, 1.807) is 0 Å². The van der Waals surface area contributed by atoms with Gasteiger partial charge in [-0.05, 0) is 31.5 Å². The molecule has 2 aliphatic heterocycles. The Balaban J connectivity index is 1.54. The smallest absolute Gasteiger partial charge is 0.254 e. The van der Waals surface area contributed by atoms with Crippen LogP contribution in [0.4, 0.5) is 0 Å². The molecular weight excluding hydrogens is 300 g/mol. The monoisotopic (exact) mass is 320 g/mol. The van der Waals surface area contributed by atoms with Crippen molar-refractivity contribution in [3.8, 4) is 0 Å². The van der Waals surface area contributed by atoms with Crippen LogP contribution < -0.4 is 0 Å². The second-order valence-corrected chi connectivity index (χ2v) is 6.62. The highest BCUT2D eigenvalue weighted by atomic mass is 16.6. The first-order valence-electron chi connectivity index (χ1n) is 8.29. The van der Waals surface area contributed by atoms with E-state index in [-0.39, 0.29) is 17.9 Å². The molecule has 122 valence electrons. The SMILES string of the molecule is Cc1ccc(C(=O)N2CC3ON=C(c4ccccc4C)C3C2)cc1. The minimum absolute atomic E-state index is 0.0333. The molecule has 1 amide bonds. The molecule has 0 spiro atoms. The molecule has 2 heterocycles. The van der Waals surface area contributed by atoms with Gasteiger partial charge in [-0.15, -0.1) is 0 Å². The summed E-state index contributed by atoms with van der Waals surface area (Å²) in [5.74, 6) is 0.220. The van der Waals surface area contributed by atoms with Gasteiger partial charge in [0.15, 0.2) is 6.10 Å². The largest absolute Gasteiger partial charge is 0.390 e. The van der Waals surface area contributed by atoms with Crippen molar-refractivity contribution in [3.63, 3.8) is 0 Å². The molecule has 0 bridgehead atoms. The number of amides is 1. The maximum Gasteiger partial charge on any atom is 0.254 e. The summed E-state index contributed by atoms with van der Waals surface area (Å²) in [4.78, 5) is 20.2. The second kappa shape index (κ2) is 5.78. The second-order valence-electron chi connectivity index (χ2n) is 6.62. The van der Waals surface area contributed by atoms with E-state index in [1.807, 2.05) is 48.2 Å². The predicted molar refractivity (Wildman–Crippen MR) is 93.2 cm³/mol. The molecule has 2 aromatic carbocycles. The summed E-state index contributed by atoms with van der Waals surface area (Å²) in [5, 5.41) is 4.31. The van der Waals surface area contributed by atoms with E-state index in [4.69, 9.17) is 4.84 Å². The molecule has 4 nitrogen and oxygen atoms in total. The van der Waals surface area contributed by atoms with Gasteiger partial charge in [0.25, 0.3) is 5.91 Å². The average Bonchev–Trinajstić information content (AvgIpc) is 3.16. The van der Waals surface area contributed by atoms with E-state index in [1.165, 1.54) is 5.56 Å². The quantitative estimate of drug-likeness (QED) is 0.853. The van der Waals surface area contributed by atoms with Crippen molar-refractivity contribution < 1.29 is 9.63 Å². The van der Waals surface area contributed by atoms with Gasteiger partial charge in [-0.25, -0.2) is 0 Å². The van der Waals surface area contributed by atoms with Crippen molar-refractivity contribution in [1.29, 1.82) is 0 Å². The fourth-order valence-corrected chi connectivity index (χ4v) is 3.49. The van der Waals surface area contributed by atoms with Gasteiger partial charge in [-0.3, -0.25) is 4.79 Å². The summed E-state index contributed by atoms with van der Waals surface area (Å²) >= 11 is 0. The van der Waals surface area contributed by atoms with Crippen LogP contribution in [-0.4, -0.2) is 35.7 Å². The Kier molecular flexibility index (Phi) is 3.60. The lowest BCUT2D eigenvalue weighted by atomic mass is 9.92. The number of oxime groups is 1. The molecule has 0 aromatic heterocycles. The molecule has 4 heteroatoms. The van der Waals surface area contributed by atoms with Gasteiger partial charge in [0.1, 0.15) is 0 Å². The van der Waals surface area contributed by atoms with Crippen molar-refractivity contribution in [3.05, 3.63) is 70.8 Å². The lowest BCUT2D eigenvalue weighted by molar-refractivity contribution is 0.0631. The standard InChI is InChI=1S/C20H20N2O2/c1-13-7-9-15(10-8-13)20(23)22-11-17-18(12-22)24-21-19(17)16-6-4-3-5-14(16)2/h3-10,17-18H,11-12H2,1-2H3. The summed E-state index contributed by atoms with van der Waals surface area (Å²) < 4.78 is 0. The number of hydrogen-bond acceptors (Lipinski definition) is 3.